The summed E-state index contributed by atoms with van der Waals surface area (Å²) in [5, 5.41) is 11.3. The highest BCUT2D eigenvalue weighted by Crippen LogP contribution is 2.33. The van der Waals surface area contributed by atoms with Crippen LogP contribution in [0.1, 0.15) is 5.56 Å². The zero-order valence-electron chi connectivity index (χ0n) is 12.9. The van der Waals surface area contributed by atoms with Gasteiger partial charge in [0.05, 0.1) is 22.0 Å². The van der Waals surface area contributed by atoms with Gasteiger partial charge in [0.25, 0.3) is 5.69 Å². The molecule has 6 nitrogen and oxygen atoms in total. The van der Waals surface area contributed by atoms with Crippen molar-refractivity contribution in [2.45, 2.75) is 15.5 Å². The van der Waals surface area contributed by atoms with E-state index in [1.807, 2.05) is 6.07 Å². The van der Waals surface area contributed by atoms with E-state index in [2.05, 4.69) is 0 Å². The van der Waals surface area contributed by atoms with Gasteiger partial charge in [0.15, 0.2) is 9.84 Å². The third-order valence-corrected chi connectivity index (χ3v) is 5.85. The SMILES string of the molecule is COc1ccc(CSc2ccc([N+](=O)[O-])cc2S(C)(=O)=O)cc1Cl. The molecular weight excluding hydrogens is 374 g/mol. The molecule has 2 aromatic carbocycles. The van der Waals surface area contributed by atoms with E-state index in [0.717, 1.165) is 17.9 Å². The van der Waals surface area contributed by atoms with Crippen molar-refractivity contribution < 1.29 is 18.1 Å². The average Bonchev–Trinajstić information content (AvgIpc) is 2.52. The summed E-state index contributed by atoms with van der Waals surface area (Å²) in [5.74, 6) is 1.02. The van der Waals surface area contributed by atoms with Crippen LogP contribution in [0.5, 0.6) is 5.75 Å². The molecule has 0 radical (unpaired) electrons. The van der Waals surface area contributed by atoms with Gasteiger partial charge in [-0.3, -0.25) is 10.1 Å². The van der Waals surface area contributed by atoms with Crippen molar-refractivity contribution in [3.63, 3.8) is 0 Å². The number of ether oxygens (including phenoxy) is 1. The van der Waals surface area contributed by atoms with Crippen LogP contribution in [-0.2, 0) is 15.6 Å². The fraction of sp³-hybridized carbons (Fsp3) is 0.200. The number of halogens is 1. The minimum absolute atomic E-state index is 0.0543. The molecule has 0 saturated heterocycles. The zero-order chi connectivity index (χ0) is 17.9. The number of methoxy groups -OCH3 is 1. The second kappa shape index (κ2) is 7.42. The molecule has 0 heterocycles. The van der Waals surface area contributed by atoms with Crippen LogP contribution in [-0.4, -0.2) is 26.7 Å². The lowest BCUT2D eigenvalue weighted by atomic mass is 10.2. The Balaban J connectivity index is 2.29. The minimum atomic E-state index is -3.58. The summed E-state index contributed by atoms with van der Waals surface area (Å²) in [5.41, 5.74) is 0.621. The second-order valence-electron chi connectivity index (χ2n) is 4.92. The van der Waals surface area contributed by atoms with Crippen LogP contribution in [0, 0.1) is 10.1 Å². The number of nitro benzene ring substituents is 1. The summed E-state index contributed by atoms with van der Waals surface area (Å²) in [4.78, 5) is 10.6. The topological polar surface area (TPSA) is 86.5 Å². The van der Waals surface area contributed by atoms with E-state index in [9.17, 15) is 18.5 Å². The van der Waals surface area contributed by atoms with Crippen LogP contribution >= 0.6 is 23.4 Å². The van der Waals surface area contributed by atoms with Crippen LogP contribution in [0.4, 0.5) is 5.69 Å². The first-order chi connectivity index (χ1) is 11.2. The molecule has 0 bridgehead atoms. The van der Waals surface area contributed by atoms with E-state index in [1.165, 1.54) is 31.0 Å². The molecule has 0 aliphatic heterocycles. The van der Waals surface area contributed by atoms with Gasteiger partial charge in [-0.25, -0.2) is 8.42 Å². The fourth-order valence-corrected chi connectivity index (χ4v) is 4.53. The molecule has 0 fully saturated rings. The largest absolute Gasteiger partial charge is 0.495 e. The van der Waals surface area contributed by atoms with Crippen LogP contribution in [0.2, 0.25) is 5.02 Å². The Hall–Kier alpha value is -1.77. The number of thioether (sulfide) groups is 1. The molecule has 0 atom stereocenters. The van der Waals surface area contributed by atoms with Gasteiger partial charge < -0.3 is 4.74 Å². The number of rotatable bonds is 6. The third-order valence-electron chi connectivity index (χ3n) is 3.15. The first-order valence-corrected chi connectivity index (χ1v) is 9.91. The smallest absolute Gasteiger partial charge is 0.270 e. The van der Waals surface area contributed by atoms with Gasteiger partial charge >= 0.3 is 0 Å². The van der Waals surface area contributed by atoms with Crippen molar-refractivity contribution in [3.8, 4) is 5.75 Å². The van der Waals surface area contributed by atoms with E-state index < -0.39 is 14.8 Å². The quantitative estimate of drug-likeness (QED) is 0.423. The molecule has 0 unspecified atom stereocenters. The summed E-state index contributed by atoms with van der Waals surface area (Å²) in [6, 6.07) is 9.11. The summed E-state index contributed by atoms with van der Waals surface area (Å²) in [6.07, 6.45) is 1.03. The Morgan fingerprint density at radius 2 is 1.96 bits per heavy atom. The van der Waals surface area contributed by atoms with Gasteiger partial charge in [-0.15, -0.1) is 11.8 Å². The fourth-order valence-electron chi connectivity index (χ4n) is 1.98. The number of nitrogens with zero attached hydrogens (tertiary/aromatic N) is 1. The Morgan fingerprint density at radius 3 is 2.50 bits per heavy atom. The third kappa shape index (κ3) is 4.40. The number of benzene rings is 2. The molecule has 0 spiro atoms. The molecule has 0 aliphatic carbocycles. The van der Waals surface area contributed by atoms with Gasteiger partial charge in [-0.2, -0.15) is 0 Å². The Labute approximate surface area is 148 Å². The number of nitro groups is 1. The number of non-ortho nitro benzene ring substituents is 1. The van der Waals surface area contributed by atoms with Crippen molar-refractivity contribution >= 4 is 38.9 Å². The predicted octanol–water partition coefficient (Wildman–Crippen LogP) is 3.95. The number of hydrogen-bond donors (Lipinski definition) is 0. The highest BCUT2D eigenvalue weighted by molar-refractivity contribution is 7.99. The Morgan fingerprint density at radius 1 is 1.25 bits per heavy atom. The van der Waals surface area contributed by atoms with Gasteiger partial charge in [0.1, 0.15) is 5.75 Å². The molecule has 9 heteroatoms. The van der Waals surface area contributed by atoms with Crippen molar-refractivity contribution in [3.05, 3.63) is 57.1 Å². The molecule has 0 N–H and O–H groups in total. The van der Waals surface area contributed by atoms with Gasteiger partial charge in [0, 0.05) is 29.0 Å². The lowest BCUT2D eigenvalue weighted by Crippen LogP contribution is -2.01. The molecule has 128 valence electrons. The first-order valence-electron chi connectivity index (χ1n) is 6.66. The number of sulfone groups is 1. The molecule has 2 rings (SSSR count). The zero-order valence-corrected chi connectivity index (χ0v) is 15.2. The predicted molar refractivity (Wildman–Crippen MR) is 93.8 cm³/mol. The van der Waals surface area contributed by atoms with Crippen molar-refractivity contribution in [2.75, 3.05) is 13.4 Å². The van der Waals surface area contributed by atoms with Gasteiger partial charge in [-0.1, -0.05) is 17.7 Å². The molecule has 0 saturated carbocycles. The summed E-state index contributed by atoms with van der Waals surface area (Å²) in [7, 11) is -2.07. The normalized spacial score (nSPS) is 11.3. The van der Waals surface area contributed by atoms with Crippen molar-refractivity contribution in [1.82, 2.24) is 0 Å². The minimum Gasteiger partial charge on any atom is -0.495 e. The summed E-state index contributed by atoms with van der Waals surface area (Å²) >= 11 is 7.33. The maximum absolute atomic E-state index is 11.9. The van der Waals surface area contributed by atoms with Crippen LogP contribution in [0.25, 0.3) is 0 Å². The van der Waals surface area contributed by atoms with Crippen molar-refractivity contribution in [2.24, 2.45) is 0 Å². The van der Waals surface area contributed by atoms with Crippen LogP contribution in [0.15, 0.2) is 46.2 Å². The van der Waals surface area contributed by atoms with Gasteiger partial charge in [-0.05, 0) is 23.8 Å². The Bertz CT molecular complexity index is 883. The highest BCUT2D eigenvalue weighted by Gasteiger charge is 2.18. The molecule has 0 aliphatic rings. The average molecular weight is 388 g/mol. The monoisotopic (exact) mass is 387 g/mol. The maximum atomic E-state index is 11.9. The first kappa shape index (κ1) is 18.6. The molecule has 0 amide bonds. The molecule has 2 aromatic rings. The highest BCUT2D eigenvalue weighted by atomic mass is 35.5. The summed E-state index contributed by atoms with van der Waals surface area (Å²) < 4.78 is 28.9. The van der Waals surface area contributed by atoms with Gasteiger partial charge in [0.2, 0.25) is 0 Å². The van der Waals surface area contributed by atoms with E-state index in [-0.39, 0.29) is 10.6 Å². The Kier molecular flexibility index (Phi) is 5.74. The second-order valence-corrected chi connectivity index (χ2v) is 8.33. The lowest BCUT2D eigenvalue weighted by molar-refractivity contribution is -0.385. The van der Waals surface area contributed by atoms with Crippen molar-refractivity contribution in [1.29, 1.82) is 0 Å². The maximum Gasteiger partial charge on any atom is 0.270 e. The van der Waals surface area contributed by atoms with E-state index in [4.69, 9.17) is 16.3 Å². The lowest BCUT2D eigenvalue weighted by Gasteiger charge is -2.09. The van der Waals surface area contributed by atoms with Crippen LogP contribution in [0.3, 0.4) is 0 Å². The van der Waals surface area contributed by atoms with E-state index in [1.54, 1.807) is 12.1 Å². The van der Waals surface area contributed by atoms with Crippen LogP contribution < -0.4 is 4.74 Å². The van der Waals surface area contributed by atoms with E-state index >= 15 is 0 Å². The standard InChI is InChI=1S/C15H14ClNO5S2/c1-22-13-5-3-10(7-12(13)16)9-23-14-6-4-11(17(18)19)8-15(14)24(2,20)21/h3-8H,9H2,1-2H3. The molecular formula is C15H14ClNO5S2. The molecule has 0 aromatic heterocycles. The van der Waals surface area contributed by atoms with E-state index in [0.29, 0.717) is 21.4 Å². The summed E-state index contributed by atoms with van der Waals surface area (Å²) in [6.45, 7) is 0. The molecule has 24 heavy (non-hydrogen) atoms. The number of hydrogen-bond acceptors (Lipinski definition) is 6.